The van der Waals surface area contributed by atoms with Crippen LogP contribution in [0.3, 0.4) is 0 Å². The molecule has 1 aliphatic rings. The number of carboxylic acid groups (broad SMARTS) is 1. The van der Waals surface area contributed by atoms with Crippen LogP contribution in [0, 0.1) is 0 Å². The first-order valence-corrected chi connectivity index (χ1v) is 5.34. The molecule has 0 amide bonds. The molecule has 1 aliphatic heterocycles. The Bertz CT molecular complexity index is 417. The summed E-state index contributed by atoms with van der Waals surface area (Å²) in [5, 5.41) is 8.86. The number of aromatic nitrogens is 2. The van der Waals surface area contributed by atoms with Gasteiger partial charge in [-0.05, 0) is 26.7 Å². The van der Waals surface area contributed by atoms with Crippen LogP contribution in [0.5, 0.6) is 0 Å². The van der Waals surface area contributed by atoms with Crippen molar-refractivity contribution in [1.29, 1.82) is 0 Å². The molecule has 0 radical (unpaired) electrons. The zero-order chi connectivity index (χ0) is 11.8. The Labute approximate surface area is 94.1 Å². The van der Waals surface area contributed by atoms with Crippen LogP contribution in [0.15, 0.2) is 12.4 Å². The number of anilines is 1. The zero-order valence-corrected chi connectivity index (χ0v) is 9.47. The average molecular weight is 221 g/mol. The second-order valence-electron chi connectivity index (χ2n) is 4.64. The smallest absolute Gasteiger partial charge is 0.356 e. The van der Waals surface area contributed by atoms with E-state index in [9.17, 15) is 4.79 Å². The van der Waals surface area contributed by atoms with Crippen LogP contribution in [0.4, 0.5) is 5.82 Å². The van der Waals surface area contributed by atoms with Gasteiger partial charge >= 0.3 is 5.97 Å². The molecule has 1 fully saturated rings. The number of hydrogen-bond donors (Lipinski definition) is 1. The van der Waals surface area contributed by atoms with Crippen molar-refractivity contribution in [3.8, 4) is 0 Å². The number of carbonyl (C=O) groups is 1. The number of aromatic carboxylic acids is 1. The standard InChI is InChI=1S/C11H15N3O2/c1-11(2)4-3-5-14(11)9-7-12-6-8(13-9)10(15)16/h6-7H,3-5H2,1-2H3,(H,15,16). The van der Waals surface area contributed by atoms with Gasteiger partial charge in [-0.3, -0.25) is 4.98 Å². The molecule has 1 N–H and O–H groups in total. The van der Waals surface area contributed by atoms with Crippen molar-refractivity contribution in [2.24, 2.45) is 0 Å². The Hall–Kier alpha value is -1.65. The monoisotopic (exact) mass is 221 g/mol. The summed E-state index contributed by atoms with van der Waals surface area (Å²) < 4.78 is 0. The largest absolute Gasteiger partial charge is 0.476 e. The number of carboxylic acids is 1. The van der Waals surface area contributed by atoms with E-state index in [2.05, 4.69) is 28.7 Å². The van der Waals surface area contributed by atoms with Crippen LogP contribution < -0.4 is 4.90 Å². The van der Waals surface area contributed by atoms with Crippen molar-refractivity contribution < 1.29 is 9.90 Å². The molecule has 5 nitrogen and oxygen atoms in total. The lowest BCUT2D eigenvalue weighted by Gasteiger charge is -2.32. The van der Waals surface area contributed by atoms with Gasteiger partial charge in [0, 0.05) is 12.1 Å². The fourth-order valence-corrected chi connectivity index (χ4v) is 2.12. The fraction of sp³-hybridized carbons (Fsp3) is 0.545. The van der Waals surface area contributed by atoms with Crippen LogP contribution in [0.1, 0.15) is 37.2 Å². The molecule has 0 aromatic carbocycles. The van der Waals surface area contributed by atoms with Crippen molar-refractivity contribution in [2.45, 2.75) is 32.2 Å². The highest BCUT2D eigenvalue weighted by Crippen LogP contribution is 2.31. The van der Waals surface area contributed by atoms with Crippen molar-refractivity contribution >= 4 is 11.8 Å². The maximum atomic E-state index is 10.8. The van der Waals surface area contributed by atoms with Crippen LogP contribution >= 0.6 is 0 Å². The zero-order valence-electron chi connectivity index (χ0n) is 9.47. The van der Waals surface area contributed by atoms with Crippen molar-refractivity contribution in [1.82, 2.24) is 9.97 Å². The highest BCUT2D eigenvalue weighted by molar-refractivity contribution is 5.85. The van der Waals surface area contributed by atoms with Gasteiger partial charge in [-0.15, -0.1) is 0 Å². The van der Waals surface area contributed by atoms with Gasteiger partial charge in [0.2, 0.25) is 0 Å². The summed E-state index contributed by atoms with van der Waals surface area (Å²) >= 11 is 0. The molecule has 0 atom stereocenters. The third kappa shape index (κ3) is 1.85. The molecule has 0 aliphatic carbocycles. The molecule has 0 unspecified atom stereocenters. The molecule has 0 bridgehead atoms. The van der Waals surface area contributed by atoms with E-state index < -0.39 is 5.97 Å². The van der Waals surface area contributed by atoms with Gasteiger partial charge in [-0.1, -0.05) is 0 Å². The molecule has 2 rings (SSSR count). The Morgan fingerprint density at radius 3 is 2.81 bits per heavy atom. The predicted molar refractivity (Wildman–Crippen MR) is 59.7 cm³/mol. The van der Waals surface area contributed by atoms with E-state index in [4.69, 9.17) is 5.11 Å². The Balaban J connectivity index is 2.34. The molecule has 2 heterocycles. The maximum Gasteiger partial charge on any atom is 0.356 e. The molecule has 0 spiro atoms. The van der Waals surface area contributed by atoms with Gasteiger partial charge in [0.1, 0.15) is 5.82 Å². The summed E-state index contributed by atoms with van der Waals surface area (Å²) in [6, 6.07) is 0. The topological polar surface area (TPSA) is 66.3 Å². The van der Waals surface area contributed by atoms with Crippen LogP contribution in [-0.4, -0.2) is 33.1 Å². The van der Waals surface area contributed by atoms with Crippen molar-refractivity contribution in [2.75, 3.05) is 11.4 Å². The average Bonchev–Trinajstić information content (AvgIpc) is 2.58. The summed E-state index contributed by atoms with van der Waals surface area (Å²) in [7, 11) is 0. The van der Waals surface area contributed by atoms with E-state index in [0.717, 1.165) is 19.4 Å². The molecular weight excluding hydrogens is 206 g/mol. The molecular formula is C11H15N3O2. The minimum absolute atomic E-state index is 0.000185. The molecule has 1 saturated heterocycles. The molecule has 1 aromatic rings. The van der Waals surface area contributed by atoms with Gasteiger partial charge in [0.05, 0.1) is 12.4 Å². The third-order valence-electron chi connectivity index (χ3n) is 3.02. The lowest BCUT2D eigenvalue weighted by atomic mass is 10.0. The lowest BCUT2D eigenvalue weighted by molar-refractivity contribution is 0.0690. The van der Waals surface area contributed by atoms with Gasteiger partial charge in [0.15, 0.2) is 5.69 Å². The molecule has 1 aromatic heterocycles. The highest BCUT2D eigenvalue weighted by atomic mass is 16.4. The SMILES string of the molecule is CC1(C)CCCN1c1cncc(C(=O)O)n1. The van der Waals surface area contributed by atoms with Crippen LogP contribution in [0.2, 0.25) is 0 Å². The first kappa shape index (κ1) is 10.9. The molecule has 5 heteroatoms. The second-order valence-corrected chi connectivity index (χ2v) is 4.64. The van der Waals surface area contributed by atoms with Crippen molar-refractivity contribution in [3.05, 3.63) is 18.1 Å². The Kier molecular flexibility index (Phi) is 2.53. The summed E-state index contributed by atoms with van der Waals surface area (Å²) in [6.45, 7) is 5.18. The summed E-state index contributed by atoms with van der Waals surface area (Å²) in [5.41, 5.74) is 0.0337. The Morgan fingerprint density at radius 1 is 1.50 bits per heavy atom. The van der Waals surface area contributed by atoms with E-state index in [1.165, 1.54) is 6.20 Å². The maximum absolute atomic E-state index is 10.8. The molecule has 86 valence electrons. The summed E-state index contributed by atoms with van der Waals surface area (Å²) in [6.07, 6.45) is 5.09. The highest BCUT2D eigenvalue weighted by Gasteiger charge is 2.33. The van der Waals surface area contributed by atoms with E-state index in [1.807, 2.05) is 0 Å². The fourth-order valence-electron chi connectivity index (χ4n) is 2.12. The first-order valence-electron chi connectivity index (χ1n) is 5.34. The number of nitrogens with zero attached hydrogens (tertiary/aromatic N) is 3. The minimum atomic E-state index is -1.04. The third-order valence-corrected chi connectivity index (χ3v) is 3.02. The summed E-state index contributed by atoms with van der Waals surface area (Å²) in [5.74, 6) is -0.381. The number of hydrogen-bond acceptors (Lipinski definition) is 4. The quantitative estimate of drug-likeness (QED) is 0.820. The minimum Gasteiger partial charge on any atom is -0.476 e. The van der Waals surface area contributed by atoms with Gasteiger partial charge in [-0.2, -0.15) is 0 Å². The van der Waals surface area contributed by atoms with Crippen molar-refractivity contribution in [3.63, 3.8) is 0 Å². The van der Waals surface area contributed by atoms with E-state index >= 15 is 0 Å². The van der Waals surface area contributed by atoms with Gasteiger partial charge in [0.25, 0.3) is 0 Å². The van der Waals surface area contributed by atoms with Crippen LogP contribution in [-0.2, 0) is 0 Å². The van der Waals surface area contributed by atoms with E-state index in [-0.39, 0.29) is 11.2 Å². The van der Waals surface area contributed by atoms with E-state index in [1.54, 1.807) is 6.20 Å². The van der Waals surface area contributed by atoms with E-state index in [0.29, 0.717) is 5.82 Å². The first-order chi connectivity index (χ1) is 7.50. The number of rotatable bonds is 2. The predicted octanol–water partition coefficient (Wildman–Crippen LogP) is 1.55. The molecule has 0 saturated carbocycles. The normalized spacial score (nSPS) is 18.8. The second kappa shape index (κ2) is 3.73. The van der Waals surface area contributed by atoms with Crippen LogP contribution in [0.25, 0.3) is 0 Å². The summed E-state index contributed by atoms with van der Waals surface area (Å²) in [4.78, 5) is 21.0. The lowest BCUT2D eigenvalue weighted by Crippen LogP contribution is -2.38. The van der Waals surface area contributed by atoms with Gasteiger partial charge < -0.3 is 10.0 Å². The molecule has 16 heavy (non-hydrogen) atoms. The van der Waals surface area contributed by atoms with Gasteiger partial charge in [-0.25, -0.2) is 9.78 Å². The Morgan fingerprint density at radius 2 is 2.25 bits per heavy atom.